The summed E-state index contributed by atoms with van der Waals surface area (Å²) in [4.78, 5) is 15.0. The van der Waals surface area contributed by atoms with E-state index in [1.807, 2.05) is 11.8 Å². The van der Waals surface area contributed by atoms with Gasteiger partial charge in [-0.05, 0) is 12.6 Å². The molecule has 1 aliphatic heterocycles. The number of anilines is 1. The Hall–Kier alpha value is -1.11. The summed E-state index contributed by atoms with van der Waals surface area (Å²) in [6.45, 7) is 5.09. The average molecular weight is 358 g/mol. The van der Waals surface area contributed by atoms with Crippen LogP contribution in [0.1, 0.15) is 17.3 Å². The monoisotopic (exact) mass is 357 g/mol. The predicted octanol–water partition coefficient (Wildman–Crippen LogP) is 2.56. The first-order valence-corrected chi connectivity index (χ1v) is 9.28. The number of nitrogens with zero attached hydrogens (tertiary/aromatic N) is 1. The zero-order chi connectivity index (χ0) is 16.8. The van der Waals surface area contributed by atoms with Crippen molar-refractivity contribution in [1.82, 2.24) is 10.2 Å². The van der Waals surface area contributed by atoms with E-state index in [2.05, 4.69) is 22.5 Å². The molecule has 1 unspecified atom stereocenters. The van der Waals surface area contributed by atoms with Gasteiger partial charge < -0.3 is 20.3 Å². The zero-order valence-electron chi connectivity index (χ0n) is 13.8. The standard InChI is InChI=1S/C16H24ClN3O2S/c1-4-20-5-6-23-10-11(9-20)19-16(21)12-7-13(17)14(18-2)8-15(12)22-3/h7-8,11,18H,4-6,9-10H2,1-3H3,(H,19,21). The van der Waals surface area contributed by atoms with E-state index in [0.717, 1.165) is 36.8 Å². The molecule has 0 saturated carbocycles. The Labute approximate surface area is 147 Å². The number of carbonyl (C=O) groups excluding carboxylic acids is 1. The molecule has 1 atom stereocenters. The van der Waals surface area contributed by atoms with Crippen LogP contribution in [0.25, 0.3) is 0 Å². The van der Waals surface area contributed by atoms with Crippen LogP contribution in [0.4, 0.5) is 5.69 Å². The fraction of sp³-hybridized carbons (Fsp3) is 0.562. The van der Waals surface area contributed by atoms with Crippen LogP contribution < -0.4 is 15.4 Å². The maximum Gasteiger partial charge on any atom is 0.255 e. The number of methoxy groups -OCH3 is 1. The maximum atomic E-state index is 12.7. The van der Waals surface area contributed by atoms with Crippen molar-refractivity contribution in [3.05, 3.63) is 22.7 Å². The molecule has 1 saturated heterocycles. The third-order valence-electron chi connectivity index (χ3n) is 3.94. The summed E-state index contributed by atoms with van der Waals surface area (Å²) in [5.41, 5.74) is 1.20. The number of likely N-dealkylation sites (N-methyl/N-ethyl adjacent to an activating group) is 1. The van der Waals surface area contributed by atoms with Gasteiger partial charge in [0.15, 0.2) is 0 Å². The second-order valence-electron chi connectivity index (χ2n) is 5.42. The number of nitrogens with one attached hydrogen (secondary N) is 2. The van der Waals surface area contributed by atoms with Gasteiger partial charge in [-0.3, -0.25) is 4.79 Å². The molecule has 1 fully saturated rings. The van der Waals surface area contributed by atoms with Crippen molar-refractivity contribution in [3.63, 3.8) is 0 Å². The molecular weight excluding hydrogens is 334 g/mol. The van der Waals surface area contributed by atoms with Gasteiger partial charge in [0.1, 0.15) is 5.75 Å². The Morgan fingerprint density at radius 3 is 2.96 bits per heavy atom. The molecule has 1 aromatic rings. The Morgan fingerprint density at radius 2 is 2.30 bits per heavy atom. The molecule has 5 nitrogen and oxygen atoms in total. The molecule has 0 radical (unpaired) electrons. The second-order valence-corrected chi connectivity index (χ2v) is 6.98. The predicted molar refractivity (Wildman–Crippen MR) is 98.2 cm³/mol. The number of ether oxygens (including phenoxy) is 1. The minimum atomic E-state index is -0.144. The summed E-state index contributed by atoms with van der Waals surface area (Å²) in [6, 6.07) is 3.53. The number of amides is 1. The van der Waals surface area contributed by atoms with E-state index < -0.39 is 0 Å². The van der Waals surface area contributed by atoms with Gasteiger partial charge >= 0.3 is 0 Å². The molecule has 2 N–H and O–H groups in total. The Morgan fingerprint density at radius 1 is 1.52 bits per heavy atom. The number of thioether (sulfide) groups is 1. The first-order valence-electron chi connectivity index (χ1n) is 7.75. The van der Waals surface area contributed by atoms with E-state index in [4.69, 9.17) is 16.3 Å². The Kier molecular flexibility index (Phi) is 6.87. The summed E-state index contributed by atoms with van der Waals surface area (Å²) in [6.07, 6.45) is 0. The smallest absolute Gasteiger partial charge is 0.255 e. The molecule has 128 valence electrons. The molecule has 1 aromatic carbocycles. The number of hydrogen-bond acceptors (Lipinski definition) is 5. The summed E-state index contributed by atoms with van der Waals surface area (Å²) >= 11 is 8.08. The molecular formula is C16H24ClN3O2S. The van der Waals surface area contributed by atoms with Crippen LogP contribution in [0.3, 0.4) is 0 Å². The van der Waals surface area contributed by atoms with Crippen molar-refractivity contribution in [2.24, 2.45) is 0 Å². The Balaban J connectivity index is 2.15. The van der Waals surface area contributed by atoms with Crippen LogP contribution in [-0.2, 0) is 0 Å². The highest BCUT2D eigenvalue weighted by molar-refractivity contribution is 7.99. The largest absolute Gasteiger partial charge is 0.496 e. The zero-order valence-corrected chi connectivity index (χ0v) is 15.4. The number of benzene rings is 1. The van der Waals surface area contributed by atoms with Gasteiger partial charge in [0, 0.05) is 37.7 Å². The lowest BCUT2D eigenvalue weighted by Crippen LogP contribution is -2.44. The average Bonchev–Trinajstić information content (AvgIpc) is 2.79. The van der Waals surface area contributed by atoms with Gasteiger partial charge in [0.05, 0.1) is 29.4 Å². The van der Waals surface area contributed by atoms with Crippen LogP contribution in [0.2, 0.25) is 5.02 Å². The fourth-order valence-electron chi connectivity index (χ4n) is 2.60. The van der Waals surface area contributed by atoms with Gasteiger partial charge in [0.2, 0.25) is 0 Å². The molecule has 1 heterocycles. The van der Waals surface area contributed by atoms with E-state index in [-0.39, 0.29) is 11.9 Å². The molecule has 1 aliphatic rings. The lowest BCUT2D eigenvalue weighted by molar-refractivity contribution is 0.0929. The highest BCUT2D eigenvalue weighted by atomic mass is 35.5. The van der Waals surface area contributed by atoms with Crippen LogP contribution in [0, 0.1) is 0 Å². The van der Waals surface area contributed by atoms with Crippen molar-refractivity contribution in [1.29, 1.82) is 0 Å². The van der Waals surface area contributed by atoms with Crippen LogP contribution in [0.15, 0.2) is 12.1 Å². The van der Waals surface area contributed by atoms with Gasteiger partial charge in [-0.25, -0.2) is 0 Å². The first kappa shape index (κ1) is 18.2. The first-order chi connectivity index (χ1) is 11.1. The number of carbonyl (C=O) groups is 1. The van der Waals surface area contributed by atoms with Crippen molar-refractivity contribution in [2.45, 2.75) is 13.0 Å². The van der Waals surface area contributed by atoms with E-state index in [1.165, 1.54) is 0 Å². The van der Waals surface area contributed by atoms with Crippen LogP contribution in [-0.4, -0.2) is 62.1 Å². The van der Waals surface area contributed by atoms with Crippen molar-refractivity contribution >= 4 is 35.0 Å². The third kappa shape index (κ3) is 4.68. The van der Waals surface area contributed by atoms with E-state index >= 15 is 0 Å². The fourth-order valence-corrected chi connectivity index (χ4v) is 3.89. The third-order valence-corrected chi connectivity index (χ3v) is 5.36. The molecule has 0 aliphatic carbocycles. The highest BCUT2D eigenvalue weighted by Crippen LogP contribution is 2.30. The number of halogens is 1. The summed E-state index contributed by atoms with van der Waals surface area (Å²) < 4.78 is 5.35. The normalized spacial score (nSPS) is 19.0. The van der Waals surface area contributed by atoms with Gasteiger partial charge in [0.25, 0.3) is 5.91 Å². The van der Waals surface area contributed by atoms with Crippen LogP contribution >= 0.6 is 23.4 Å². The Bertz CT molecular complexity index is 556. The van der Waals surface area contributed by atoms with Crippen molar-refractivity contribution < 1.29 is 9.53 Å². The molecule has 1 amide bonds. The highest BCUT2D eigenvalue weighted by Gasteiger charge is 2.22. The van der Waals surface area contributed by atoms with Gasteiger partial charge in [-0.2, -0.15) is 11.8 Å². The second kappa shape index (κ2) is 8.66. The molecule has 23 heavy (non-hydrogen) atoms. The topological polar surface area (TPSA) is 53.6 Å². The molecule has 2 rings (SSSR count). The molecule has 0 bridgehead atoms. The summed E-state index contributed by atoms with van der Waals surface area (Å²) in [5, 5.41) is 6.61. The molecule has 0 spiro atoms. The van der Waals surface area contributed by atoms with E-state index in [0.29, 0.717) is 16.3 Å². The van der Waals surface area contributed by atoms with E-state index in [1.54, 1.807) is 26.3 Å². The summed E-state index contributed by atoms with van der Waals surface area (Å²) in [7, 11) is 3.34. The number of hydrogen-bond donors (Lipinski definition) is 2. The SMILES string of the molecule is CCN1CCSCC(NC(=O)c2cc(Cl)c(NC)cc2OC)C1. The lowest BCUT2D eigenvalue weighted by atomic mass is 10.1. The summed E-state index contributed by atoms with van der Waals surface area (Å²) in [5.74, 6) is 2.40. The number of rotatable bonds is 5. The van der Waals surface area contributed by atoms with E-state index in [9.17, 15) is 4.79 Å². The molecule has 0 aromatic heterocycles. The van der Waals surface area contributed by atoms with Gasteiger partial charge in [-0.15, -0.1) is 0 Å². The van der Waals surface area contributed by atoms with Crippen LogP contribution in [0.5, 0.6) is 5.75 Å². The minimum absolute atomic E-state index is 0.127. The molecule has 7 heteroatoms. The quantitative estimate of drug-likeness (QED) is 0.848. The van der Waals surface area contributed by atoms with Crippen molar-refractivity contribution in [2.75, 3.05) is 50.6 Å². The van der Waals surface area contributed by atoms with Crippen molar-refractivity contribution in [3.8, 4) is 5.75 Å². The maximum absolute atomic E-state index is 12.7. The minimum Gasteiger partial charge on any atom is -0.496 e. The van der Waals surface area contributed by atoms with Gasteiger partial charge in [-0.1, -0.05) is 18.5 Å². The lowest BCUT2D eigenvalue weighted by Gasteiger charge is -2.23.